The summed E-state index contributed by atoms with van der Waals surface area (Å²) in [5.74, 6) is 1.60. The number of nitrogens with two attached hydrogens (primary N) is 1. The highest BCUT2D eigenvalue weighted by Gasteiger charge is 2.17. The van der Waals surface area contributed by atoms with Crippen LogP contribution in [0.1, 0.15) is 12.8 Å². The third-order valence-corrected chi connectivity index (χ3v) is 2.87. The zero-order chi connectivity index (χ0) is 14.4. The molecule has 9 heteroatoms. The maximum Gasteiger partial charge on any atom is 0.404 e. The minimum atomic E-state index is -0.795. The number of hydrogen-bond donors (Lipinski definition) is 3. The van der Waals surface area contributed by atoms with Crippen molar-refractivity contribution in [1.29, 1.82) is 0 Å². The Balaban J connectivity index is 1.99. The Kier molecular flexibility index (Phi) is 4.75. The molecule has 0 atom stereocenters. The molecule has 1 saturated heterocycles. The van der Waals surface area contributed by atoms with Crippen molar-refractivity contribution in [2.24, 2.45) is 5.73 Å². The maximum atomic E-state index is 10.5. The van der Waals surface area contributed by atoms with Crippen molar-refractivity contribution in [1.82, 2.24) is 15.0 Å². The molecule has 1 aliphatic rings. The molecular formula is C11H19N7O2. The number of hydrogen-bond acceptors (Lipinski definition) is 8. The molecule has 1 aromatic heterocycles. The molecule has 9 nitrogen and oxygen atoms in total. The van der Waals surface area contributed by atoms with E-state index < -0.39 is 6.09 Å². The molecule has 1 fully saturated rings. The van der Waals surface area contributed by atoms with Gasteiger partial charge < -0.3 is 26.0 Å². The van der Waals surface area contributed by atoms with Crippen molar-refractivity contribution in [3.05, 3.63) is 0 Å². The van der Waals surface area contributed by atoms with E-state index in [9.17, 15) is 4.79 Å². The van der Waals surface area contributed by atoms with Gasteiger partial charge >= 0.3 is 6.09 Å². The maximum absolute atomic E-state index is 10.5. The first-order chi connectivity index (χ1) is 9.69. The van der Waals surface area contributed by atoms with Crippen LogP contribution >= 0.6 is 0 Å². The Hall–Kier alpha value is -2.32. The summed E-state index contributed by atoms with van der Waals surface area (Å²) in [5, 5.41) is 5.88. The molecule has 0 aromatic carbocycles. The van der Waals surface area contributed by atoms with Crippen molar-refractivity contribution >= 4 is 23.9 Å². The van der Waals surface area contributed by atoms with Gasteiger partial charge in [-0.05, 0) is 12.8 Å². The van der Waals surface area contributed by atoms with Gasteiger partial charge in [0.15, 0.2) is 0 Å². The van der Waals surface area contributed by atoms with Gasteiger partial charge in [-0.15, -0.1) is 0 Å². The lowest BCUT2D eigenvalue weighted by molar-refractivity contribution is 0.161. The third kappa shape index (κ3) is 3.84. The normalized spacial score (nSPS) is 14.2. The van der Waals surface area contributed by atoms with Crippen LogP contribution < -0.4 is 21.3 Å². The molecule has 0 spiro atoms. The fourth-order valence-electron chi connectivity index (χ4n) is 1.93. The van der Waals surface area contributed by atoms with Gasteiger partial charge in [-0.1, -0.05) is 0 Å². The molecule has 2 rings (SSSR count). The van der Waals surface area contributed by atoms with Gasteiger partial charge in [0.2, 0.25) is 17.8 Å². The summed E-state index contributed by atoms with van der Waals surface area (Å²) in [6.45, 7) is 2.46. The first-order valence-electron chi connectivity index (χ1n) is 6.54. The number of nitrogens with one attached hydrogen (secondary N) is 2. The van der Waals surface area contributed by atoms with Gasteiger partial charge in [-0.3, -0.25) is 0 Å². The number of carbonyl (C=O) groups is 1. The molecule has 1 aromatic rings. The summed E-state index contributed by atoms with van der Waals surface area (Å²) in [5.41, 5.74) is 4.88. The quantitative estimate of drug-likeness (QED) is 0.624. The summed E-state index contributed by atoms with van der Waals surface area (Å²) in [4.78, 5) is 25.5. The summed E-state index contributed by atoms with van der Waals surface area (Å²) in [7, 11) is 1.75. The highest BCUT2D eigenvalue weighted by Crippen LogP contribution is 2.18. The van der Waals surface area contributed by atoms with E-state index in [-0.39, 0.29) is 6.61 Å². The SMILES string of the molecule is CNc1nc(NCCOC(N)=O)nc(N2CCCC2)n1. The lowest BCUT2D eigenvalue weighted by Crippen LogP contribution is -2.23. The fourth-order valence-corrected chi connectivity index (χ4v) is 1.93. The van der Waals surface area contributed by atoms with Crippen molar-refractivity contribution < 1.29 is 9.53 Å². The zero-order valence-corrected chi connectivity index (χ0v) is 11.4. The van der Waals surface area contributed by atoms with Crippen LogP contribution in [0, 0.1) is 0 Å². The van der Waals surface area contributed by atoms with Crippen LogP contribution in [0.5, 0.6) is 0 Å². The molecule has 2 heterocycles. The Morgan fingerprint density at radius 3 is 2.65 bits per heavy atom. The fraction of sp³-hybridized carbons (Fsp3) is 0.636. The van der Waals surface area contributed by atoms with Gasteiger partial charge in [0.05, 0.1) is 6.54 Å². The molecule has 1 aliphatic heterocycles. The van der Waals surface area contributed by atoms with Crippen LogP contribution in [0.3, 0.4) is 0 Å². The van der Waals surface area contributed by atoms with Gasteiger partial charge in [-0.25, -0.2) is 4.79 Å². The molecule has 0 unspecified atom stereocenters. The van der Waals surface area contributed by atoms with Crippen LogP contribution in [-0.2, 0) is 4.74 Å². The van der Waals surface area contributed by atoms with Crippen LogP contribution in [0.15, 0.2) is 0 Å². The number of aromatic nitrogens is 3. The van der Waals surface area contributed by atoms with E-state index >= 15 is 0 Å². The lowest BCUT2D eigenvalue weighted by Gasteiger charge is -2.16. The molecule has 110 valence electrons. The molecule has 0 bridgehead atoms. The summed E-state index contributed by atoms with van der Waals surface area (Å²) in [6.07, 6.45) is 1.50. The molecule has 0 saturated carbocycles. The minimum absolute atomic E-state index is 0.162. The van der Waals surface area contributed by atoms with Crippen LogP contribution in [-0.4, -0.2) is 54.3 Å². The van der Waals surface area contributed by atoms with E-state index in [1.165, 1.54) is 0 Å². The number of rotatable bonds is 6. The molecule has 20 heavy (non-hydrogen) atoms. The molecule has 4 N–H and O–H groups in total. The zero-order valence-electron chi connectivity index (χ0n) is 11.4. The van der Waals surface area contributed by atoms with Crippen molar-refractivity contribution in [2.45, 2.75) is 12.8 Å². The van der Waals surface area contributed by atoms with Gasteiger partial charge in [0.1, 0.15) is 6.61 Å². The Labute approximate surface area is 116 Å². The standard InChI is InChI=1S/C11H19N7O2/c1-13-9-15-10(14-4-7-20-8(12)19)17-11(16-9)18-5-2-3-6-18/h2-7H2,1H3,(H2,12,19)(H2,13,14,15,16,17). The van der Waals surface area contributed by atoms with E-state index in [0.29, 0.717) is 24.4 Å². The largest absolute Gasteiger partial charge is 0.448 e. The number of ether oxygens (including phenoxy) is 1. The number of anilines is 3. The van der Waals surface area contributed by atoms with E-state index in [2.05, 4.69) is 35.2 Å². The van der Waals surface area contributed by atoms with E-state index in [1.807, 2.05) is 0 Å². The topological polar surface area (TPSA) is 118 Å². The first-order valence-corrected chi connectivity index (χ1v) is 6.54. The monoisotopic (exact) mass is 281 g/mol. The number of nitrogens with zero attached hydrogens (tertiary/aromatic N) is 4. The smallest absolute Gasteiger partial charge is 0.404 e. The van der Waals surface area contributed by atoms with Crippen molar-refractivity contribution in [3.8, 4) is 0 Å². The average Bonchev–Trinajstić information content (AvgIpc) is 2.97. The Bertz CT molecular complexity index is 462. The second-order valence-electron chi connectivity index (χ2n) is 4.32. The van der Waals surface area contributed by atoms with Crippen LogP contribution in [0.25, 0.3) is 0 Å². The molecule has 1 amide bonds. The van der Waals surface area contributed by atoms with Gasteiger partial charge in [0.25, 0.3) is 0 Å². The highest BCUT2D eigenvalue weighted by molar-refractivity contribution is 5.64. The van der Waals surface area contributed by atoms with Gasteiger partial charge in [-0.2, -0.15) is 15.0 Å². The first kappa shape index (κ1) is 14.1. The van der Waals surface area contributed by atoms with E-state index in [1.54, 1.807) is 7.05 Å². The van der Waals surface area contributed by atoms with Crippen LogP contribution in [0.2, 0.25) is 0 Å². The number of amides is 1. The Morgan fingerprint density at radius 1 is 1.30 bits per heavy atom. The van der Waals surface area contributed by atoms with Crippen molar-refractivity contribution in [2.75, 3.05) is 48.8 Å². The van der Waals surface area contributed by atoms with E-state index in [0.717, 1.165) is 25.9 Å². The molecular weight excluding hydrogens is 262 g/mol. The third-order valence-electron chi connectivity index (χ3n) is 2.87. The van der Waals surface area contributed by atoms with Gasteiger partial charge in [0, 0.05) is 20.1 Å². The van der Waals surface area contributed by atoms with Crippen molar-refractivity contribution in [3.63, 3.8) is 0 Å². The van der Waals surface area contributed by atoms with E-state index in [4.69, 9.17) is 5.73 Å². The average molecular weight is 281 g/mol. The molecule has 0 aliphatic carbocycles. The lowest BCUT2D eigenvalue weighted by atomic mass is 10.4. The second-order valence-corrected chi connectivity index (χ2v) is 4.32. The molecule has 0 radical (unpaired) electrons. The second kappa shape index (κ2) is 6.73. The van der Waals surface area contributed by atoms with Crippen LogP contribution in [0.4, 0.5) is 22.6 Å². The summed E-state index contributed by atoms with van der Waals surface area (Å²) >= 11 is 0. The highest BCUT2D eigenvalue weighted by atomic mass is 16.5. The Morgan fingerprint density at radius 2 is 2.00 bits per heavy atom. The predicted octanol–water partition coefficient (Wildman–Crippen LogP) is 0.0207. The minimum Gasteiger partial charge on any atom is -0.448 e. The number of carbonyl (C=O) groups excluding carboxylic acids is 1. The summed E-state index contributed by atoms with van der Waals surface area (Å²) < 4.78 is 4.63. The summed E-state index contributed by atoms with van der Waals surface area (Å²) in [6, 6.07) is 0. The predicted molar refractivity (Wildman–Crippen MR) is 74.8 cm³/mol. The number of primary amides is 1.